The molecular weight excluding hydrogens is 380 g/mol. The quantitative estimate of drug-likeness (QED) is 0.639. The van der Waals surface area contributed by atoms with Crippen molar-refractivity contribution in [3.05, 3.63) is 90.0 Å². The van der Waals surface area contributed by atoms with Gasteiger partial charge in [-0.05, 0) is 35.7 Å². The summed E-state index contributed by atoms with van der Waals surface area (Å²) < 4.78 is 27.7. The van der Waals surface area contributed by atoms with Crippen molar-refractivity contribution in [1.82, 2.24) is 9.21 Å². The number of piperazine rings is 1. The Bertz CT molecular complexity index is 1040. The van der Waals surface area contributed by atoms with Crippen LogP contribution in [-0.4, -0.2) is 43.8 Å². The minimum atomic E-state index is -3.46. The summed E-state index contributed by atoms with van der Waals surface area (Å²) in [7, 11) is -3.46. The van der Waals surface area contributed by atoms with Gasteiger partial charge in [-0.1, -0.05) is 72.3 Å². The Balaban J connectivity index is 1.40. The Labute approximate surface area is 173 Å². The molecule has 0 spiro atoms. The average molecular weight is 407 g/mol. The van der Waals surface area contributed by atoms with Gasteiger partial charge in [-0.3, -0.25) is 4.90 Å². The van der Waals surface area contributed by atoms with Crippen molar-refractivity contribution in [2.45, 2.75) is 18.4 Å². The maximum atomic E-state index is 13.0. The van der Waals surface area contributed by atoms with E-state index in [9.17, 15) is 8.42 Å². The second kappa shape index (κ2) is 8.49. The number of benzene rings is 3. The average Bonchev–Trinajstić information content (AvgIpc) is 2.76. The van der Waals surface area contributed by atoms with Gasteiger partial charge in [-0.15, -0.1) is 0 Å². The van der Waals surface area contributed by atoms with E-state index in [1.807, 2.05) is 42.5 Å². The first-order valence-corrected chi connectivity index (χ1v) is 11.4. The molecule has 0 aromatic heterocycles. The largest absolute Gasteiger partial charge is 0.296 e. The first kappa shape index (κ1) is 19.8. The molecule has 1 fully saturated rings. The van der Waals surface area contributed by atoms with E-state index < -0.39 is 10.0 Å². The van der Waals surface area contributed by atoms with Crippen LogP contribution in [0, 0.1) is 6.92 Å². The number of nitrogens with zero attached hydrogens (tertiary/aromatic N) is 2. The molecule has 0 bridgehead atoms. The molecule has 0 aliphatic carbocycles. The molecular formula is C24H26N2O2S. The minimum Gasteiger partial charge on any atom is -0.296 e. The molecule has 1 saturated heterocycles. The van der Waals surface area contributed by atoms with Crippen LogP contribution in [0.3, 0.4) is 0 Å². The molecule has 3 aromatic carbocycles. The minimum absolute atomic E-state index is 0.365. The molecule has 4 rings (SSSR count). The summed E-state index contributed by atoms with van der Waals surface area (Å²) in [5.41, 5.74) is 4.62. The van der Waals surface area contributed by atoms with Gasteiger partial charge < -0.3 is 0 Å². The Morgan fingerprint density at radius 1 is 0.724 bits per heavy atom. The predicted molar refractivity (Wildman–Crippen MR) is 117 cm³/mol. The molecule has 0 atom stereocenters. The monoisotopic (exact) mass is 406 g/mol. The normalized spacial score (nSPS) is 16.0. The standard InChI is InChI=1S/C24H26N2O2S/c1-20-7-9-21(10-8-20)19-25-15-17-26(18-16-25)29(27,28)24-13-11-23(12-14-24)22-5-3-2-4-6-22/h2-14H,15-19H2,1H3. The zero-order chi connectivity index (χ0) is 20.3. The van der Waals surface area contributed by atoms with E-state index in [2.05, 4.69) is 36.1 Å². The number of rotatable bonds is 5. The SMILES string of the molecule is Cc1ccc(CN2CCN(S(=O)(=O)c3ccc(-c4ccccc4)cc3)CC2)cc1. The molecule has 0 radical (unpaired) electrons. The van der Waals surface area contributed by atoms with Crippen LogP contribution in [0.1, 0.15) is 11.1 Å². The summed E-state index contributed by atoms with van der Waals surface area (Å²) in [6.45, 7) is 5.48. The van der Waals surface area contributed by atoms with Crippen molar-refractivity contribution in [3.8, 4) is 11.1 Å². The molecule has 5 heteroatoms. The molecule has 0 N–H and O–H groups in total. The highest BCUT2D eigenvalue weighted by molar-refractivity contribution is 7.89. The molecule has 1 heterocycles. The lowest BCUT2D eigenvalue weighted by Gasteiger charge is -2.34. The number of sulfonamides is 1. The van der Waals surface area contributed by atoms with E-state index >= 15 is 0 Å². The Hall–Kier alpha value is -2.47. The maximum Gasteiger partial charge on any atom is 0.243 e. The summed E-state index contributed by atoms with van der Waals surface area (Å²) in [4.78, 5) is 2.68. The smallest absolute Gasteiger partial charge is 0.243 e. The highest BCUT2D eigenvalue weighted by atomic mass is 32.2. The van der Waals surface area contributed by atoms with Gasteiger partial charge in [0.05, 0.1) is 4.90 Å². The number of aryl methyl sites for hydroxylation is 1. The van der Waals surface area contributed by atoms with Crippen molar-refractivity contribution in [2.24, 2.45) is 0 Å². The van der Waals surface area contributed by atoms with Gasteiger partial charge in [-0.2, -0.15) is 4.31 Å². The number of hydrogen-bond acceptors (Lipinski definition) is 3. The topological polar surface area (TPSA) is 40.6 Å². The van der Waals surface area contributed by atoms with Crippen molar-refractivity contribution in [1.29, 1.82) is 0 Å². The van der Waals surface area contributed by atoms with E-state index in [1.165, 1.54) is 11.1 Å². The second-order valence-electron chi connectivity index (χ2n) is 7.56. The molecule has 0 unspecified atom stereocenters. The lowest BCUT2D eigenvalue weighted by molar-refractivity contribution is 0.181. The van der Waals surface area contributed by atoms with Crippen LogP contribution in [0.5, 0.6) is 0 Å². The number of hydrogen-bond donors (Lipinski definition) is 0. The van der Waals surface area contributed by atoms with Crippen LogP contribution in [0.15, 0.2) is 83.8 Å². The predicted octanol–water partition coefficient (Wildman–Crippen LogP) is 4.17. The lowest BCUT2D eigenvalue weighted by atomic mass is 10.1. The lowest BCUT2D eigenvalue weighted by Crippen LogP contribution is -2.48. The Morgan fingerprint density at radius 3 is 1.93 bits per heavy atom. The van der Waals surface area contributed by atoms with Crippen molar-refractivity contribution < 1.29 is 8.42 Å². The van der Waals surface area contributed by atoms with Crippen LogP contribution < -0.4 is 0 Å². The van der Waals surface area contributed by atoms with Gasteiger partial charge in [0.15, 0.2) is 0 Å². The summed E-state index contributed by atoms with van der Waals surface area (Å²) >= 11 is 0. The third kappa shape index (κ3) is 4.58. The first-order valence-electron chi connectivity index (χ1n) is 9.96. The highest BCUT2D eigenvalue weighted by Crippen LogP contribution is 2.23. The van der Waals surface area contributed by atoms with Gasteiger partial charge >= 0.3 is 0 Å². The summed E-state index contributed by atoms with van der Waals surface area (Å²) in [6.07, 6.45) is 0. The molecule has 1 aliphatic heterocycles. The molecule has 4 nitrogen and oxygen atoms in total. The third-order valence-corrected chi connectivity index (χ3v) is 7.37. The fraction of sp³-hybridized carbons (Fsp3) is 0.250. The van der Waals surface area contributed by atoms with E-state index in [1.54, 1.807) is 16.4 Å². The van der Waals surface area contributed by atoms with E-state index in [4.69, 9.17) is 0 Å². The van der Waals surface area contributed by atoms with Crippen LogP contribution in [0.25, 0.3) is 11.1 Å². The van der Waals surface area contributed by atoms with Gasteiger partial charge in [0, 0.05) is 32.7 Å². The third-order valence-electron chi connectivity index (χ3n) is 5.46. The molecule has 150 valence electrons. The second-order valence-corrected chi connectivity index (χ2v) is 9.49. The zero-order valence-corrected chi connectivity index (χ0v) is 17.5. The molecule has 1 aliphatic rings. The molecule has 0 amide bonds. The van der Waals surface area contributed by atoms with Gasteiger partial charge in [0.2, 0.25) is 10.0 Å². The van der Waals surface area contributed by atoms with Gasteiger partial charge in [-0.25, -0.2) is 8.42 Å². The summed E-state index contributed by atoms with van der Waals surface area (Å²) in [5.74, 6) is 0. The van der Waals surface area contributed by atoms with E-state index in [0.717, 1.165) is 30.8 Å². The maximum absolute atomic E-state index is 13.0. The van der Waals surface area contributed by atoms with Gasteiger partial charge in [0.25, 0.3) is 0 Å². The van der Waals surface area contributed by atoms with E-state index in [0.29, 0.717) is 18.0 Å². The summed E-state index contributed by atoms with van der Waals surface area (Å²) in [5, 5.41) is 0. The van der Waals surface area contributed by atoms with E-state index in [-0.39, 0.29) is 0 Å². The zero-order valence-electron chi connectivity index (χ0n) is 16.7. The van der Waals surface area contributed by atoms with Crippen molar-refractivity contribution in [3.63, 3.8) is 0 Å². The molecule has 29 heavy (non-hydrogen) atoms. The summed E-state index contributed by atoms with van der Waals surface area (Å²) in [6, 6.07) is 25.7. The Morgan fingerprint density at radius 2 is 1.31 bits per heavy atom. The first-order chi connectivity index (χ1) is 14.0. The molecule has 3 aromatic rings. The van der Waals surface area contributed by atoms with Crippen LogP contribution in [0.4, 0.5) is 0 Å². The van der Waals surface area contributed by atoms with Gasteiger partial charge in [0.1, 0.15) is 0 Å². The van der Waals surface area contributed by atoms with Crippen LogP contribution in [-0.2, 0) is 16.6 Å². The highest BCUT2D eigenvalue weighted by Gasteiger charge is 2.28. The van der Waals surface area contributed by atoms with Crippen molar-refractivity contribution >= 4 is 10.0 Å². The van der Waals surface area contributed by atoms with Crippen molar-refractivity contribution in [2.75, 3.05) is 26.2 Å². The molecule has 0 saturated carbocycles. The van der Waals surface area contributed by atoms with Crippen LogP contribution in [0.2, 0.25) is 0 Å². The fourth-order valence-corrected chi connectivity index (χ4v) is 5.10. The fourth-order valence-electron chi connectivity index (χ4n) is 3.68. The Kier molecular flexibility index (Phi) is 5.81. The van der Waals surface area contributed by atoms with Crippen LogP contribution >= 0.6 is 0 Å².